The van der Waals surface area contributed by atoms with Gasteiger partial charge in [-0.2, -0.15) is 0 Å². The van der Waals surface area contributed by atoms with Gasteiger partial charge in [0.05, 0.1) is 12.2 Å². The first kappa shape index (κ1) is 12.1. The van der Waals surface area contributed by atoms with E-state index in [1.165, 1.54) is 0 Å². The highest BCUT2D eigenvalue weighted by Gasteiger charge is 2.08. The van der Waals surface area contributed by atoms with E-state index in [-0.39, 0.29) is 18.3 Å². The Balaban J connectivity index is 2.69. The summed E-state index contributed by atoms with van der Waals surface area (Å²) >= 11 is 0. The molecule has 6 nitrogen and oxygen atoms in total. The number of aromatic nitrogens is 1. The van der Waals surface area contributed by atoms with Crippen LogP contribution in [0.3, 0.4) is 0 Å². The van der Waals surface area contributed by atoms with E-state index in [4.69, 9.17) is 11.5 Å². The Hall–Kier alpha value is -1.98. The maximum absolute atomic E-state index is 11.3. The van der Waals surface area contributed by atoms with Gasteiger partial charge in [0.1, 0.15) is 11.6 Å². The van der Waals surface area contributed by atoms with Crippen LogP contribution in [0, 0.1) is 0 Å². The molecule has 0 radical (unpaired) electrons. The number of nitrogens with one attached hydrogen (secondary N) is 1. The van der Waals surface area contributed by atoms with Gasteiger partial charge < -0.3 is 21.7 Å². The van der Waals surface area contributed by atoms with E-state index in [2.05, 4.69) is 10.3 Å². The number of rotatable bonds is 4. The summed E-state index contributed by atoms with van der Waals surface area (Å²) in [5.41, 5.74) is 11.6. The van der Waals surface area contributed by atoms with Gasteiger partial charge in [-0.15, -0.1) is 0 Å². The number of carbonyl (C=O) groups excluding carboxylic acids is 1. The monoisotopic (exact) mass is 223 g/mol. The minimum absolute atomic E-state index is 0.0535. The van der Waals surface area contributed by atoms with Crippen molar-refractivity contribution in [2.45, 2.75) is 6.92 Å². The predicted molar refractivity (Wildman–Crippen MR) is 65.0 cm³/mol. The van der Waals surface area contributed by atoms with Gasteiger partial charge >= 0.3 is 0 Å². The summed E-state index contributed by atoms with van der Waals surface area (Å²) in [6.45, 7) is 2.73. The third-order valence-corrected chi connectivity index (χ3v) is 2.09. The smallest absolute Gasteiger partial charge is 0.239 e. The lowest BCUT2D eigenvalue weighted by molar-refractivity contribution is -0.119. The molecule has 0 fully saturated rings. The molecule has 1 heterocycles. The molecule has 0 saturated heterocycles. The van der Waals surface area contributed by atoms with E-state index in [1.807, 2.05) is 6.92 Å². The van der Waals surface area contributed by atoms with Gasteiger partial charge in [-0.25, -0.2) is 4.98 Å². The molecule has 0 aliphatic heterocycles. The van der Waals surface area contributed by atoms with Gasteiger partial charge in [0.15, 0.2) is 0 Å². The van der Waals surface area contributed by atoms with Crippen LogP contribution < -0.4 is 21.7 Å². The van der Waals surface area contributed by atoms with Crippen LogP contribution in [-0.2, 0) is 4.79 Å². The molecule has 0 aromatic carbocycles. The molecule has 0 saturated carbocycles. The van der Waals surface area contributed by atoms with Crippen molar-refractivity contribution in [3.63, 3.8) is 0 Å². The van der Waals surface area contributed by atoms with Gasteiger partial charge in [0.25, 0.3) is 0 Å². The molecule has 0 aliphatic rings. The molecule has 0 spiro atoms. The van der Waals surface area contributed by atoms with Crippen molar-refractivity contribution in [2.24, 2.45) is 0 Å². The lowest BCUT2D eigenvalue weighted by Crippen LogP contribution is -2.35. The Bertz CT molecular complexity index is 379. The van der Waals surface area contributed by atoms with E-state index < -0.39 is 0 Å². The molecule has 5 N–H and O–H groups in total. The van der Waals surface area contributed by atoms with Crippen LogP contribution in [0.15, 0.2) is 12.1 Å². The fourth-order valence-electron chi connectivity index (χ4n) is 1.24. The van der Waals surface area contributed by atoms with Crippen molar-refractivity contribution in [3.05, 3.63) is 12.1 Å². The van der Waals surface area contributed by atoms with Crippen molar-refractivity contribution in [1.82, 2.24) is 10.3 Å². The first-order valence-corrected chi connectivity index (χ1v) is 5.04. The second kappa shape index (κ2) is 5.20. The summed E-state index contributed by atoms with van der Waals surface area (Å²) in [5, 5.41) is 2.71. The molecule has 0 bridgehead atoms. The zero-order valence-electron chi connectivity index (χ0n) is 9.53. The van der Waals surface area contributed by atoms with E-state index in [0.717, 1.165) is 0 Å². The van der Waals surface area contributed by atoms with E-state index in [0.29, 0.717) is 18.1 Å². The lowest BCUT2D eigenvalue weighted by atomic mass is 10.3. The Kier molecular flexibility index (Phi) is 3.93. The molecule has 88 valence electrons. The molecule has 1 aromatic rings. The zero-order valence-corrected chi connectivity index (χ0v) is 9.53. The van der Waals surface area contributed by atoms with Gasteiger partial charge in [0, 0.05) is 13.6 Å². The van der Waals surface area contributed by atoms with Crippen LogP contribution in [0.2, 0.25) is 0 Å². The number of amides is 1. The number of likely N-dealkylation sites (N-methyl/N-ethyl adjacent to an activating group) is 2. The normalized spacial score (nSPS) is 9.88. The predicted octanol–water partition coefficient (Wildman–Crippen LogP) is -0.182. The summed E-state index contributed by atoms with van der Waals surface area (Å²) in [7, 11) is 1.77. The third kappa shape index (κ3) is 3.01. The molecule has 0 aliphatic carbocycles. The zero-order chi connectivity index (χ0) is 12.1. The minimum atomic E-state index is -0.0535. The maximum atomic E-state index is 11.3. The molecular formula is C10H17N5O. The Morgan fingerprint density at radius 1 is 1.50 bits per heavy atom. The largest absolute Gasteiger partial charge is 0.396 e. The van der Waals surface area contributed by atoms with E-state index >= 15 is 0 Å². The van der Waals surface area contributed by atoms with Crippen molar-refractivity contribution in [3.8, 4) is 0 Å². The highest BCUT2D eigenvalue weighted by molar-refractivity contribution is 5.81. The third-order valence-electron chi connectivity index (χ3n) is 2.09. The molecule has 0 unspecified atom stereocenters. The van der Waals surface area contributed by atoms with Crippen LogP contribution >= 0.6 is 0 Å². The Morgan fingerprint density at radius 3 is 2.75 bits per heavy atom. The summed E-state index contributed by atoms with van der Waals surface area (Å²) in [5.74, 6) is 0.848. The average Bonchev–Trinajstić information content (AvgIpc) is 2.22. The van der Waals surface area contributed by atoms with E-state index in [9.17, 15) is 4.79 Å². The molecule has 0 atom stereocenters. The van der Waals surface area contributed by atoms with Crippen LogP contribution in [0.25, 0.3) is 0 Å². The molecule has 16 heavy (non-hydrogen) atoms. The van der Waals surface area contributed by atoms with Gasteiger partial charge in [-0.1, -0.05) is 0 Å². The lowest BCUT2D eigenvalue weighted by Gasteiger charge is -2.17. The molecular weight excluding hydrogens is 206 g/mol. The quantitative estimate of drug-likeness (QED) is 0.657. The Morgan fingerprint density at radius 2 is 2.19 bits per heavy atom. The van der Waals surface area contributed by atoms with E-state index in [1.54, 1.807) is 24.1 Å². The number of hydrogen-bond donors (Lipinski definition) is 3. The topological polar surface area (TPSA) is 97.3 Å². The molecule has 1 rings (SSSR count). The molecule has 6 heteroatoms. The first-order chi connectivity index (χ1) is 7.54. The first-order valence-electron chi connectivity index (χ1n) is 5.04. The highest BCUT2D eigenvalue weighted by Crippen LogP contribution is 2.16. The van der Waals surface area contributed by atoms with Crippen molar-refractivity contribution in [1.29, 1.82) is 0 Å². The summed E-state index contributed by atoms with van der Waals surface area (Å²) in [4.78, 5) is 17.1. The van der Waals surface area contributed by atoms with Gasteiger partial charge in [-0.05, 0) is 19.1 Å². The number of nitrogen functional groups attached to an aromatic ring is 2. The summed E-state index contributed by atoms with van der Waals surface area (Å²) in [6.07, 6.45) is 0. The SMILES string of the molecule is CCNC(=O)CN(C)c1ccc(N)c(N)n1. The average molecular weight is 223 g/mol. The van der Waals surface area contributed by atoms with Gasteiger partial charge in [-0.3, -0.25) is 4.79 Å². The molecule has 1 amide bonds. The number of carbonyl (C=O) groups is 1. The second-order valence-electron chi connectivity index (χ2n) is 3.45. The van der Waals surface area contributed by atoms with Crippen LogP contribution in [0.5, 0.6) is 0 Å². The Labute approximate surface area is 94.6 Å². The van der Waals surface area contributed by atoms with Crippen LogP contribution in [0.1, 0.15) is 6.92 Å². The second-order valence-corrected chi connectivity index (χ2v) is 3.45. The summed E-state index contributed by atoms with van der Waals surface area (Å²) < 4.78 is 0. The minimum Gasteiger partial charge on any atom is -0.396 e. The number of nitrogens with two attached hydrogens (primary N) is 2. The van der Waals surface area contributed by atoms with Gasteiger partial charge in [0.2, 0.25) is 5.91 Å². The maximum Gasteiger partial charge on any atom is 0.239 e. The fourth-order valence-corrected chi connectivity index (χ4v) is 1.24. The van der Waals surface area contributed by atoms with Crippen LogP contribution in [0.4, 0.5) is 17.3 Å². The van der Waals surface area contributed by atoms with Crippen molar-refractivity contribution < 1.29 is 4.79 Å². The number of anilines is 3. The number of hydrogen-bond acceptors (Lipinski definition) is 5. The molecule has 1 aromatic heterocycles. The summed E-state index contributed by atoms with van der Waals surface area (Å²) in [6, 6.07) is 3.40. The number of nitrogens with zero attached hydrogens (tertiary/aromatic N) is 2. The van der Waals surface area contributed by atoms with Crippen LogP contribution in [-0.4, -0.2) is 31.0 Å². The fraction of sp³-hybridized carbons (Fsp3) is 0.400. The standard InChI is InChI=1S/C10H17N5O/c1-3-13-9(16)6-15(2)8-5-4-7(11)10(12)14-8/h4-5H,3,6,11H2,1-2H3,(H2,12,14)(H,13,16). The highest BCUT2D eigenvalue weighted by atomic mass is 16.2. The number of pyridine rings is 1. The van der Waals surface area contributed by atoms with Crippen molar-refractivity contribution in [2.75, 3.05) is 36.5 Å². The van der Waals surface area contributed by atoms with Crippen molar-refractivity contribution >= 4 is 23.2 Å².